The van der Waals surface area contributed by atoms with Crippen LogP contribution in [-0.2, 0) is 4.79 Å². The molecule has 0 aromatic heterocycles. The highest BCUT2D eigenvalue weighted by Crippen LogP contribution is 2.17. The summed E-state index contributed by atoms with van der Waals surface area (Å²) in [6.45, 7) is 1.40. The molecule has 17 heavy (non-hydrogen) atoms. The molecule has 1 heterocycles. The van der Waals surface area contributed by atoms with E-state index >= 15 is 0 Å². The molecule has 1 amide bonds. The van der Waals surface area contributed by atoms with Crippen LogP contribution in [0.1, 0.15) is 0 Å². The molecule has 1 aliphatic rings. The van der Waals surface area contributed by atoms with Gasteiger partial charge in [-0.05, 0) is 12.1 Å². The van der Waals surface area contributed by atoms with E-state index in [0.717, 1.165) is 0 Å². The number of hydrogen-bond donors (Lipinski definition) is 2. The minimum atomic E-state index is -0.0582. The topological polar surface area (TPSA) is 75.8 Å². The van der Waals surface area contributed by atoms with Crippen LogP contribution < -0.4 is 10.5 Å². The number of aliphatic hydroxyl groups excluding tert-OH is 1. The van der Waals surface area contributed by atoms with E-state index in [1.807, 2.05) is 0 Å². The molecule has 0 spiro atoms. The third kappa shape index (κ3) is 2.88. The van der Waals surface area contributed by atoms with Crippen LogP contribution in [0.4, 0.5) is 5.69 Å². The molecule has 1 aromatic rings. The van der Waals surface area contributed by atoms with Gasteiger partial charge in [0.05, 0.1) is 0 Å². The highest BCUT2D eigenvalue weighted by molar-refractivity contribution is 5.78. The van der Waals surface area contributed by atoms with Crippen LogP contribution in [-0.4, -0.2) is 42.2 Å². The Morgan fingerprint density at radius 1 is 1.53 bits per heavy atom. The number of anilines is 1. The maximum atomic E-state index is 11.6. The third-order valence-electron chi connectivity index (χ3n) is 2.79. The monoisotopic (exact) mass is 236 g/mol. The molecule has 0 unspecified atom stereocenters. The summed E-state index contributed by atoms with van der Waals surface area (Å²) in [4.78, 5) is 13.3. The lowest BCUT2D eigenvalue weighted by molar-refractivity contribution is -0.140. The summed E-state index contributed by atoms with van der Waals surface area (Å²) in [5, 5.41) is 8.84. The summed E-state index contributed by atoms with van der Waals surface area (Å²) < 4.78 is 5.34. The first-order chi connectivity index (χ1) is 8.19. The molecule has 3 N–H and O–H groups in total. The second kappa shape index (κ2) is 5.05. The van der Waals surface area contributed by atoms with Gasteiger partial charge in [-0.3, -0.25) is 4.79 Å². The van der Waals surface area contributed by atoms with Gasteiger partial charge in [-0.2, -0.15) is 0 Å². The standard InChI is InChI=1S/C12H16N2O3/c13-10-2-1-3-11(4-10)17-8-12(16)14-5-9(6-14)7-15/h1-4,9,15H,5-8,13H2. The van der Waals surface area contributed by atoms with E-state index in [2.05, 4.69) is 0 Å². The third-order valence-corrected chi connectivity index (χ3v) is 2.79. The highest BCUT2D eigenvalue weighted by Gasteiger charge is 2.29. The Morgan fingerprint density at radius 2 is 2.29 bits per heavy atom. The number of likely N-dealkylation sites (tertiary alicyclic amines) is 1. The van der Waals surface area contributed by atoms with Crippen LogP contribution in [0.25, 0.3) is 0 Å². The number of amides is 1. The Balaban J connectivity index is 1.77. The number of nitrogens with two attached hydrogens (primary N) is 1. The Kier molecular flexibility index (Phi) is 3.49. The number of rotatable bonds is 4. The maximum Gasteiger partial charge on any atom is 0.260 e. The van der Waals surface area contributed by atoms with Gasteiger partial charge in [0, 0.05) is 37.4 Å². The molecule has 2 rings (SSSR count). The molecule has 0 aliphatic carbocycles. The van der Waals surface area contributed by atoms with Crippen LogP contribution in [0.5, 0.6) is 5.75 Å². The van der Waals surface area contributed by atoms with E-state index < -0.39 is 0 Å². The lowest BCUT2D eigenvalue weighted by atomic mass is 10.0. The van der Waals surface area contributed by atoms with Gasteiger partial charge in [0.25, 0.3) is 5.91 Å². The quantitative estimate of drug-likeness (QED) is 0.727. The summed E-state index contributed by atoms with van der Waals surface area (Å²) in [6, 6.07) is 6.98. The first-order valence-corrected chi connectivity index (χ1v) is 5.56. The van der Waals surface area contributed by atoms with Gasteiger partial charge < -0.3 is 20.5 Å². The second-order valence-corrected chi connectivity index (χ2v) is 4.21. The van der Waals surface area contributed by atoms with Gasteiger partial charge >= 0.3 is 0 Å². The van der Waals surface area contributed by atoms with Crippen molar-refractivity contribution in [2.75, 3.05) is 32.0 Å². The number of benzene rings is 1. The molecule has 0 saturated carbocycles. The Morgan fingerprint density at radius 3 is 2.94 bits per heavy atom. The van der Waals surface area contributed by atoms with E-state index in [4.69, 9.17) is 15.6 Å². The van der Waals surface area contributed by atoms with Gasteiger partial charge in [-0.1, -0.05) is 6.07 Å². The van der Waals surface area contributed by atoms with Crippen LogP contribution in [0.15, 0.2) is 24.3 Å². The maximum absolute atomic E-state index is 11.6. The minimum absolute atomic E-state index is 0.0155. The van der Waals surface area contributed by atoms with Gasteiger partial charge in [0.15, 0.2) is 6.61 Å². The van der Waals surface area contributed by atoms with E-state index in [0.29, 0.717) is 24.5 Å². The average Bonchev–Trinajstić information content (AvgIpc) is 2.25. The normalized spacial score (nSPS) is 15.5. The van der Waals surface area contributed by atoms with Crippen molar-refractivity contribution in [2.24, 2.45) is 5.92 Å². The fourth-order valence-corrected chi connectivity index (χ4v) is 1.73. The summed E-state index contributed by atoms with van der Waals surface area (Å²) in [5.74, 6) is 0.765. The summed E-state index contributed by atoms with van der Waals surface area (Å²) in [7, 11) is 0. The first-order valence-electron chi connectivity index (χ1n) is 5.56. The largest absolute Gasteiger partial charge is 0.484 e. The van der Waals surface area contributed by atoms with E-state index in [9.17, 15) is 4.79 Å². The van der Waals surface area contributed by atoms with E-state index in [-0.39, 0.29) is 25.0 Å². The average molecular weight is 236 g/mol. The number of ether oxygens (including phenoxy) is 1. The smallest absolute Gasteiger partial charge is 0.260 e. The van der Waals surface area contributed by atoms with Crippen molar-refractivity contribution in [1.82, 2.24) is 4.90 Å². The summed E-state index contributed by atoms with van der Waals surface area (Å²) in [6.07, 6.45) is 0. The Hall–Kier alpha value is -1.75. The van der Waals surface area contributed by atoms with Crippen molar-refractivity contribution in [1.29, 1.82) is 0 Å². The van der Waals surface area contributed by atoms with Crippen LogP contribution in [0, 0.1) is 5.92 Å². The van der Waals surface area contributed by atoms with E-state index in [1.54, 1.807) is 29.2 Å². The SMILES string of the molecule is Nc1cccc(OCC(=O)N2CC(CO)C2)c1. The Bertz CT molecular complexity index is 402. The number of aliphatic hydroxyl groups is 1. The number of carbonyl (C=O) groups is 1. The summed E-state index contributed by atoms with van der Waals surface area (Å²) in [5.41, 5.74) is 6.21. The molecule has 0 bridgehead atoms. The molecule has 1 aromatic carbocycles. The van der Waals surface area contributed by atoms with Crippen molar-refractivity contribution in [3.05, 3.63) is 24.3 Å². The molecule has 0 atom stereocenters. The molecule has 1 fully saturated rings. The lowest BCUT2D eigenvalue weighted by Crippen LogP contribution is -2.52. The molecule has 92 valence electrons. The molecule has 1 aliphatic heterocycles. The van der Waals surface area contributed by atoms with E-state index in [1.165, 1.54) is 0 Å². The van der Waals surface area contributed by atoms with Crippen molar-refractivity contribution < 1.29 is 14.6 Å². The zero-order valence-electron chi connectivity index (χ0n) is 9.50. The molecule has 1 saturated heterocycles. The zero-order chi connectivity index (χ0) is 12.3. The fourth-order valence-electron chi connectivity index (χ4n) is 1.73. The Labute approximate surface area is 99.8 Å². The number of nitrogen functional groups attached to an aromatic ring is 1. The lowest BCUT2D eigenvalue weighted by Gasteiger charge is -2.38. The number of hydrogen-bond acceptors (Lipinski definition) is 4. The molecular formula is C12H16N2O3. The van der Waals surface area contributed by atoms with Gasteiger partial charge in [0.1, 0.15) is 5.75 Å². The van der Waals surface area contributed by atoms with Crippen molar-refractivity contribution >= 4 is 11.6 Å². The molecule has 0 radical (unpaired) electrons. The van der Waals surface area contributed by atoms with Crippen molar-refractivity contribution in [2.45, 2.75) is 0 Å². The highest BCUT2D eigenvalue weighted by atomic mass is 16.5. The number of carbonyl (C=O) groups excluding carboxylic acids is 1. The minimum Gasteiger partial charge on any atom is -0.484 e. The predicted molar refractivity (Wildman–Crippen MR) is 63.5 cm³/mol. The first kappa shape index (κ1) is 11.7. The van der Waals surface area contributed by atoms with Crippen LogP contribution in [0.3, 0.4) is 0 Å². The fraction of sp³-hybridized carbons (Fsp3) is 0.417. The molecule has 5 heteroatoms. The number of nitrogens with zero attached hydrogens (tertiary/aromatic N) is 1. The van der Waals surface area contributed by atoms with Gasteiger partial charge in [0.2, 0.25) is 0 Å². The van der Waals surface area contributed by atoms with Gasteiger partial charge in [-0.15, -0.1) is 0 Å². The molecular weight excluding hydrogens is 220 g/mol. The van der Waals surface area contributed by atoms with Crippen molar-refractivity contribution in [3.63, 3.8) is 0 Å². The van der Waals surface area contributed by atoms with Crippen molar-refractivity contribution in [3.8, 4) is 5.75 Å². The van der Waals surface area contributed by atoms with Gasteiger partial charge in [-0.25, -0.2) is 0 Å². The van der Waals surface area contributed by atoms with Crippen LogP contribution >= 0.6 is 0 Å². The zero-order valence-corrected chi connectivity index (χ0v) is 9.50. The molecule has 5 nitrogen and oxygen atoms in total. The predicted octanol–water partition coefficient (Wildman–Crippen LogP) is 0.0983. The van der Waals surface area contributed by atoms with Crippen LogP contribution in [0.2, 0.25) is 0 Å². The summed E-state index contributed by atoms with van der Waals surface area (Å²) >= 11 is 0. The second-order valence-electron chi connectivity index (χ2n) is 4.21.